The highest BCUT2D eigenvalue weighted by molar-refractivity contribution is 5.78. The van der Waals surface area contributed by atoms with Gasteiger partial charge in [0.2, 0.25) is 0 Å². The molecule has 0 aliphatic heterocycles. The number of nitrogens with zero attached hydrogens (tertiary/aromatic N) is 2. The zero-order chi connectivity index (χ0) is 15.1. The highest BCUT2D eigenvalue weighted by Crippen LogP contribution is 2.14. The Labute approximate surface area is 119 Å². The second-order valence-corrected chi connectivity index (χ2v) is 4.90. The fourth-order valence-electron chi connectivity index (χ4n) is 2.51. The number of fused-ring (bicyclic) bond motifs is 1. The largest absolute Gasteiger partial charge is 0.335 e. The van der Waals surface area contributed by atoms with E-state index in [2.05, 4.69) is 0 Å². The van der Waals surface area contributed by atoms with Crippen LogP contribution in [0.4, 0.5) is 4.39 Å². The van der Waals surface area contributed by atoms with Gasteiger partial charge >= 0.3 is 5.69 Å². The van der Waals surface area contributed by atoms with Gasteiger partial charge in [-0.05, 0) is 30.7 Å². The summed E-state index contributed by atoms with van der Waals surface area (Å²) in [7, 11) is 1.46. The van der Waals surface area contributed by atoms with Crippen molar-refractivity contribution in [1.82, 2.24) is 9.13 Å². The van der Waals surface area contributed by atoms with E-state index in [9.17, 15) is 14.0 Å². The van der Waals surface area contributed by atoms with Crippen molar-refractivity contribution in [2.45, 2.75) is 6.92 Å². The first-order valence-electron chi connectivity index (χ1n) is 6.48. The van der Waals surface area contributed by atoms with Crippen molar-refractivity contribution >= 4 is 10.9 Å². The van der Waals surface area contributed by atoms with Gasteiger partial charge in [-0.2, -0.15) is 0 Å². The van der Waals surface area contributed by atoms with Gasteiger partial charge in [0, 0.05) is 7.05 Å². The lowest BCUT2D eigenvalue weighted by molar-refractivity contribution is 0.624. The molecular weight excluding hydrogens is 271 g/mol. The highest BCUT2D eigenvalue weighted by Gasteiger charge is 2.15. The first kappa shape index (κ1) is 13.3. The average Bonchev–Trinajstić information content (AvgIpc) is 2.47. The van der Waals surface area contributed by atoms with Gasteiger partial charge in [-0.1, -0.05) is 24.3 Å². The Kier molecular flexibility index (Phi) is 2.97. The molecule has 0 N–H and O–H groups in total. The molecule has 5 heteroatoms. The first-order chi connectivity index (χ1) is 10.0. The molecule has 1 aromatic heterocycles. The number of hydrogen-bond acceptors (Lipinski definition) is 2. The molecule has 0 saturated carbocycles. The zero-order valence-corrected chi connectivity index (χ0v) is 11.6. The van der Waals surface area contributed by atoms with Crippen LogP contribution in [0.25, 0.3) is 16.6 Å². The quantitative estimate of drug-likeness (QED) is 0.687. The van der Waals surface area contributed by atoms with Crippen molar-refractivity contribution in [2.75, 3.05) is 0 Å². The van der Waals surface area contributed by atoms with Crippen molar-refractivity contribution in [2.24, 2.45) is 7.05 Å². The van der Waals surface area contributed by atoms with Gasteiger partial charge in [0.25, 0.3) is 5.56 Å². The molecule has 0 unspecified atom stereocenters. The molecular formula is C16H13FN2O2. The van der Waals surface area contributed by atoms with E-state index in [1.54, 1.807) is 12.1 Å². The molecule has 0 bridgehead atoms. The third kappa shape index (κ3) is 1.89. The number of rotatable bonds is 1. The average molecular weight is 284 g/mol. The predicted octanol–water partition coefficient (Wildman–Crippen LogP) is 2.14. The molecule has 3 rings (SSSR count). The molecule has 0 amide bonds. The van der Waals surface area contributed by atoms with E-state index in [1.165, 1.54) is 29.8 Å². The SMILES string of the molecule is Cc1ccccc1-n1c(=O)c2cccc(F)c2n(C)c1=O. The number of aryl methyl sites for hydroxylation is 2. The van der Waals surface area contributed by atoms with E-state index in [0.29, 0.717) is 5.69 Å². The smallest absolute Gasteiger partial charge is 0.293 e. The fraction of sp³-hybridized carbons (Fsp3) is 0.125. The van der Waals surface area contributed by atoms with E-state index in [4.69, 9.17) is 0 Å². The first-order valence-corrected chi connectivity index (χ1v) is 6.48. The van der Waals surface area contributed by atoms with Crippen LogP contribution in [-0.4, -0.2) is 9.13 Å². The molecule has 21 heavy (non-hydrogen) atoms. The summed E-state index contributed by atoms with van der Waals surface area (Å²) in [6.45, 7) is 1.82. The van der Waals surface area contributed by atoms with Gasteiger partial charge in [-0.25, -0.2) is 13.8 Å². The third-order valence-electron chi connectivity index (χ3n) is 3.59. The molecule has 1 heterocycles. The number of hydrogen-bond donors (Lipinski definition) is 0. The Bertz CT molecular complexity index is 970. The van der Waals surface area contributed by atoms with Crippen LogP contribution in [-0.2, 0) is 7.05 Å². The van der Waals surface area contributed by atoms with Gasteiger partial charge in [-0.15, -0.1) is 0 Å². The molecule has 0 aliphatic rings. The van der Waals surface area contributed by atoms with Gasteiger partial charge in [0.15, 0.2) is 0 Å². The molecule has 106 valence electrons. The standard InChI is InChI=1S/C16H13FN2O2/c1-10-6-3-4-9-13(10)19-15(20)11-7-5-8-12(17)14(11)18(2)16(19)21/h3-9H,1-2H3. The zero-order valence-electron chi connectivity index (χ0n) is 11.6. The van der Waals surface area contributed by atoms with Crippen molar-refractivity contribution in [1.29, 1.82) is 0 Å². The molecule has 4 nitrogen and oxygen atoms in total. The van der Waals surface area contributed by atoms with Crippen molar-refractivity contribution in [3.05, 3.63) is 74.7 Å². The van der Waals surface area contributed by atoms with E-state index in [-0.39, 0.29) is 10.9 Å². The van der Waals surface area contributed by atoms with Crippen molar-refractivity contribution in [3.8, 4) is 5.69 Å². The molecule has 0 aliphatic carbocycles. The Morgan fingerprint density at radius 3 is 2.43 bits per heavy atom. The maximum Gasteiger partial charge on any atom is 0.335 e. The Morgan fingerprint density at radius 2 is 1.71 bits per heavy atom. The molecule has 0 radical (unpaired) electrons. The van der Waals surface area contributed by atoms with Crippen LogP contribution in [0.5, 0.6) is 0 Å². The van der Waals surface area contributed by atoms with Crippen molar-refractivity contribution < 1.29 is 4.39 Å². The van der Waals surface area contributed by atoms with Crippen LogP contribution >= 0.6 is 0 Å². The highest BCUT2D eigenvalue weighted by atomic mass is 19.1. The monoisotopic (exact) mass is 284 g/mol. The summed E-state index contributed by atoms with van der Waals surface area (Å²) in [5.74, 6) is -0.582. The summed E-state index contributed by atoms with van der Waals surface area (Å²) >= 11 is 0. The Morgan fingerprint density at radius 1 is 1.00 bits per heavy atom. The lowest BCUT2D eigenvalue weighted by atomic mass is 10.2. The Balaban J connectivity index is 2.56. The molecule has 0 atom stereocenters. The predicted molar refractivity (Wildman–Crippen MR) is 79.5 cm³/mol. The lowest BCUT2D eigenvalue weighted by Crippen LogP contribution is -2.38. The summed E-state index contributed by atoms with van der Waals surface area (Å²) in [6.07, 6.45) is 0. The summed E-state index contributed by atoms with van der Waals surface area (Å²) in [6, 6.07) is 11.3. The van der Waals surface area contributed by atoms with Crippen LogP contribution in [0, 0.1) is 12.7 Å². The molecule has 0 spiro atoms. The van der Waals surface area contributed by atoms with Crippen LogP contribution in [0.1, 0.15) is 5.56 Å². The van der Waals surface area contributed by atoms with Gasteiger partial charge < -0.3 is 0 Å². The second kappa shape index (κ2) is 4.70. The summed E-state index contributed by atoms with van der Waals surface area (Å²) in [5, 5.41) is 0.181. The number of aromatic nitrogens is 2. The Hall–Kier alpha value is -2.69. The molecule has 0 fully saturated rings. The number of halogens is 1. The summed E-state index contributed by atoms with van der Waals surface area (Å²) < 4.78 is 16.2. The molecule has 3 aromatic rings. The van der Waals surface area contributed by atoms with Crippen LogP contribution in [0.3, 0.4) is 0 Å². The van der Waals surface area contributed by atoms with Gasteiger partial charge in [0.05, 0.1) is 16.6 Å². The fourth-order valence-corrected chi connectivity index (χ4v) is 2.51. The number of benzene rings is 2. The second-order valence-electron chi connectivity index (χ2n) is 4.90. The van der Waals surface area contributed by atoms with Gasteiger partial charge in [0.1, 0.15) is 5.82 Å². The minimum atomic E-state index is -0.582. The van der Waals surface area contributed by atoms with E-state index in [1.807, 2.05) is 19.1 Å². The maximum atomic E-state index is 13.9. The van der Waals surface area contributed by atoms with Crippen LogP contribution in [0.15, 0.2) is 52.1 Å². The molecule has 0 saturated heterocycles. The maximum absolute atomic E-state index is 13.9. The lowest BCUT2D eigenvalue weighted by Gasteiger charge is -2.12. The summed E-state index contributed by atoms with van der Waals surface area (Å²) in [4.78, 5) is 25.1. The van der Waals surface area contributed by atoms with E-state index in [0.717, 1.165) is 10.1 Å². The van der Waals surface area contributed by atoms with E-state index >= 15 is 0 Å². The van der Waals surface area contributed by atoms with Crippen molar-refractivity contribution in [3.63, 3.8) is 0 Å². The minimum Gasteiger partial charge on any atom is -0.293 e. The van der Waals surface area contributed by atoms with E-state index < -0.39 is 17.1 Å². The third-order valence-corrected chi connectivity index (χ3v) is 3.59. The number of para-hydroxylation sites is 2. The topological polar surface area (TPSA) is 44.0 Å². The van der Waals surface area contributed by atoms with Crippen LogP contribution in [0.2, 0.25) is 0 Å². The van der Waals surface area contributed by atoms with Crippen LogP contribution < -0.4 is 11.2 Å². The summed E-state index contributed by atoms with van der Waals surface area (Å²) in [5.41, 5.74) is 0.257. The molecule has 2 aromatic carbocycles. The minimum absolute atomic E-state index is 0.0253. The van der Waals surface area contributed by atoms with Gasteiger partial charge in [-0.3, -0.25) is 9.36 Å². The normalized spacial score (nSPS) is 11.0.